The van der Waals surface area contributed by atoms with Gasteiger partial charge in [0.25, 0.3) is 5.91 Å². The molecule has 23 heavy (non-hydrogen) atoms. The normalized spacial score (nSPS) is 11.5. The third kappa shape index (κ3) is 4.00. The average molecular weight is 313 g/mol. The molecule has 0 saturated heterocycles. The number of aliphatic hydroxyl groups is 2. The summed E-state index contributed by atoms with van der Waals surface area (Å²) in [6, 6.07) is 8.65. The number of nitrogens with one attached hydrogen (secondary N) is 1. The molecule has 1 atom stereocenters. The number of anilines is 1. The van der Waals surface area contributed by atoms with Gasteiger partial charge >= 0.3 is 0 Å². The number of nitrogens with two attached hydrogens (primary N) is 1. The second-order valence-electron chi connectivity index (χ2n) is 4.72. The zero-order chi connectivity index (χ0) is 16.8. The quantitative estimate of drug-likeness (QED) is 0.592. The molecule has 0 aliphatic carbocycles. The maximum absolute atomic E-state index is 12.0. The first-order valence-corrected chi connectivity index (χ1v) is 6.75. The van der Waals surface area contributed by atoms with E-state index in [1.165, 1.54) is 6.20 Å². The minimum atomic E-state index is -1.06. The number of hydrogen-bond donors (Lipinski definition) is 4. The van der Waals surface area contributed by atoms with Crippen molar-refractivity contribution in [3.63, 3.8) is 0 Å². The third-order valence-electron chi connectivity index (χ3n) is 3.03. The lowest BCUT2D eigenvalue weighted by Crippen LogP contribution is -2.34. The molecule has 5 N–H and O–H groups in total. The third-order valence-corrected chi connectivity index (χ3v) is 3.03. The molecule has 0 saturated carbocycles. The Bertz CT molecular complexity index is 740. The number of nitrogens with zero attached hydrogens (tertiary/aromatic N) is 3. The average Bonchev–Trinajstić information content (AvgIpc) is 2.59. The molecule has 8 nitrogen and oxygen atoms in total. The van der Waals surface area contributed by atoms with Gasteiger partial charge < -0.3 is 21.3 Å². The van der Waals surface area contributed by atoms with Gasteiger partial charge in [-0.15, -0.1) is 0 Å². The van der Waals surface area contributed by atoms with Gasteiger partial charge in [0, 0.05) is 12.1 Å². The van der Waals surface area contributed by atoms with Gasteiger partial charge in [-0.05, 0) is 12.1 Å². The van der Waals surface area contributed by atoms with Gasteiger partial charge in [0.05, 0.1) is 36.2 Å². The zero-order valence-electron chi connectivity index (χ0n) is 12.1. The number of nitriles is 1. The summed E-state index contributed by atoms with van der Waals surface area (Å²) in [5.74, 6) is -0.642. The Morgan fingerprint density at radius 2 is 2.09 bits per heavy atom. The first-order chi connectivity index (χ1) is 11.0. The number of rotatable bonds is 5. The Hall–Kier alpha value is -3.02. The van der Waals surface area contributed by atoms with E-state index in [0.717, 1.165) is 0 Å². The summed E-state index contributed by atoms with van der Waals surface area (Å²) < 4.78 is 0. The fraction of sp³-hybridized carbons (Fsp3) is 0.200. The van der Waals surface area contributed by atoms with E-state index < -0.39 is 18.6 Å². The molecule has 0 unspecified atom stereocenters. The van der Waals surface area contributed by atoms with Crippen molar-refractivity contribution in [3.8, 4) is 17.3 Å². The summed E-state index contributed by atoms with van der Waals surface area (Å²) in [6.45, 7) is -0.593. The molecule has 0 aliphatic heterocycles. The van der Waals surface area contributed by atoms with Crippen molar-refractivity contribution in [3.05, 3.63) is 41.7 Å². The van der Waals surface area contributed by atoms with Gasteiger partial charge in [0.2, 0.25) is 0 Å². The van der Waals surface area contributed by atoms with Crippen LogP contribution >= 0.6 is 0 Å². The van der Waals surface area contributed by atoms with E-state index >= 15 is 0 Å². The fourth-order valence-electron chi connectivity index (χ4n) is 1.78. The van der Waals surface area contributed by atoms with Crippen LogP contribution < -0.4 is 11.1 Å². The molecule has 2 aromatic rings. The standard InChI is InChI=1S/C15H15N5O3/c16-5-9-1-3-10(4-2-9)12-7-18-14(17)13(20-12)15(23)19-6-11(22)8-21/h1-4,7,11,21-22H,6,8H2,(H2,17,18)(H,19,23)/t11-/m1/s1. The minimum Gasteiger partial charge on any atom is -0.394 e. The first-order valence-electron chi connectivity index (χ1n) is 6.75. The monoisotopic (exact) mass is 313 g/mol. The molecule has 8 heteroatoms. The van der Waals surface area contributed by atoms with Crippen molar-refractivity contribution < 1.29 is 15.0 Å². The van der Waals surface area contributed by atoms with Crippen LogP contribution in [0, 0.1) is 11.3 Å². The predicted molar refractivity (Wildman–Crippen MR) is 82.0 cm³/mol. The largest absolute Gasteiger partial charge is 0.394 e. The summed E-state index contributed by atoms with van der Waals surface area (Å²) in [7, 11) is 0. The molecular weight excluding hydrogens is 298 g/mol. The van der Waals surface area contributed by atoms with Crippen LogP contribution in [0.15, 0.2) is 30.5 Å². The molecule has 2 rings (SSSR count). The van der Waals surface area contributed by atoms with Crippen molar-refractivity contribution in [2.24, 2.45) is 0 Å². The molecule has 0 fully saturated rings. The number of aliphatic hydroxyl groups excluding tert-OH is 2. The van der Waals surface area contributed by atoms with Crippen LogP contribution in [0.4, 0.5) is 5.82 Å². The van der Waals surface area contributed by atoms with Crippen LogP contribution in [0.25, 0.3) is 11.3 Å². The van der Waals surface area contributed by atoms with Crippen LogP contribution in [-0.2, 0) is 0 Å². The SMILES string of the molecule is N#Cc1ccc(-c2cnc(N)c(C(=O)NC[C@@H](O)CO)n2)cc1. The fourth-order valence-corrected chi connectivity index (χ4v) is 1.78. The lowest BCUT2D eigenvalue weighted by molar-refractivity contribution is 0.0799. The predicted octanol–water partition coefficient (Wildman–Crippen LogP) is -0.320. The Kier molecular flexibility index (Phi) is 5.19. The van der Waals surface area contributed by atoms with E-state index in [2.05, 4.69) is 15.3 Å². The summed E-state index contributed by atoms with van der Waals surface area (Å²) in [4.78, 5) is 20.2. The number of nitrogen functional groups attached to an aromatic ring is 1. The second kappa shape index (κ2) is 7.31. The second-order valence-corrected chi connectivity index (χ2v) is 4.72. The van der Waals surface area contributed by atoms with Gasteiger partial charge in [-0.1, -0.05) is 12.1 Å². The summed E-state index contributed by atoms with van der Waals surface area (Å²) in [5, 5.41) is 29.2. The molecular formula is C15H15N5O3. The van der Waals surface area contributed by atoms with Crippen LogP contribution in [0.1, 0.15) is 16.1 Å². The van der Waals surface area contributed by atoms with Crippen molar-refractivity contribution in [2.75, 3.05) is 18.9 Å². The summed E-state index contributed by atoms with van der Waals surface area (Å²) in [5.41, 5.74) is 7.21. The van der Waals surface area contributed by atoms with E-state index in [9.17, 15) is 9.90 Å². The topological polar surface area (TPSA) is 145 Å². The molecule has 0 bridgehead atoms. The van der Waals surface area contributed by atoms with Gasteiger partial charge in [-0.2, -0.15) is 5.26 Å². The summed E-state index contributed by atoms with van der Waals surface area (Å²) >= 11 is 0. The summed E-state index contributed by atoms with van der Waals surface area (Å²) in [6.07, 6.45) is 0.366. The number of benzene rings is 1. The smallest absolute Gasteiger partial charge is 0.273 e. The van der Waals surface area contributed by atoms with Crippen LogP contribution in [0.5, 0.6) is 0 Å². The molecule has 1 heterocycles. The van der Waals surface area contributed by atoms with Gasteiger partial charge in [-0.25, -0.2) is 9.97 Å². The number of aromatic nitrogens is 2. The highest BCUT2D eigenvalue weighted by Gasteiger charge is 2.15. The maximum Gasteiger partial charge on any atom is 0.273 e. The van der Waals surface area contributed by atoms with Crippen molar-refractivity contribution in [1.82, 2.24) is 15.3 Å². The van der Waals surface area contributed by atoms with Crippen LogP contribution in [0.2, 0.25) is 0 Å². The molecule has 1 amide bonds. The zero-order valence-corrected chi connectivity index (χ0v) is 12.1. The number of carbonyl (C=O) groups is 1. The molecule has 0 radical (unpaired) electrons. The lowest BCUT2D eigenvalue weighted by atomic mass is 10.1. The lowest BCUT2D eigenvalue weighted by Gasteiger charge is -2.10. The van der Waals surface area contributed by atoms with Gasteiger partial charge in [0.1, 0.15) is 0 Å². The first kappa shape index (κ1) is 16.4. The Labute approximate surface area is 132 Å². The molecule has 0 aliphatic rings. The highest BCUT2D eigenvalue weighted by atomic mass is 16.3. The maximum atomic E-state index is 12.0. The number of carbonyl (C=O) groups excluding carboxylic acids is 1. The molecule has 1 aromatic carbocycles. The van der Waals surface area contributed by atoms with Crippen molar-refractivity contribution in [2.45, 2.75) is 6.10 Å². The molecule has 118 valence electrons. The van der Waals surface area contributed by atoms with Gasteiger partial charge in [0.15, 0.2) is 11.5 Å². The highest BCUT2D eigenvalue weighted by molar-refractivity contribution is 5.96. The number of amides is 1. The van der Waals surface area contributed by atoms with E-state index in [4.69, 9.17) is 16.1 Å². The van der Waals surface area contributed by atoms with Crippen molar-refractivity contribution in [1.29, 1.82) is 5.26 Å². The molecule has 0 spiro atoms. The van der Waals surface area contributed by atoms with E-state index in [0.29, 0.717) is 16.8 Å². The minimum absolute atomic E-state index is 0.0432. The Morgan fingerprint density at radius 1 is 1.39 bits per heavy atom. The van der Waals surface area contributed by atoms with E-state index in [1.54, 1.807) is 24.3 Å². The van der Waals surface area contributed by atoms with Crippen molar-refractivity contribution >= 4 is 11.7 Å². The Balaban J connectivity index is 2.24. The van der Waals surface area contributed by atoms with Gasteiger partial charge in [-0.3, -0.25) is 4.79 Å². The Morgan fingerprint density at radius 3 is 2.70 bits per heavy atom. The van der Waals surface area contributed by atoms with E-state index in [-0.39, 0.29) is 18.1 Å². The van der Waals surface area contributed by atoms with Crippen LogP contribution in [-0.4, -0.2) is 45.3 Å². The molecule has 1 aromatic heterocycles. The van der Waals surface area contributed by atoms with Crippen LogP contribution in [0.3, 0.4) is 0 Å². The number of hydrogen-bond acceptors (Lipinski definition) is 7. The highest BCUT2D eigenvalue weighted by Crippen LogP contribution is 2.19. The van der Waals surface area contributed by atoms with E-state index in [1.807, 2.05) is 6.07 Å².